The maximum atomic E-state index is 5.51. The predicted molar refractivity (Wildman–Crippen MR) is 69.7 cm³/mol. The van der Waals surface area contributed by atoms with Crippen LogP contribution in [-0.4, -0.2) is 31.1 Å². The summed E-state index contributed by atoms with van der Waals surface area (Å²) in [6.07, 6.45) is 5.89. The molecule has 0 aliphatic carbocycles. The van der Waals surface area contributed by atoms with Crippen molar-refractivity contribution in [2.45, 2.75) is 20.3 Å². The number of aromatic nitrogens is 5. The summed E-state index contributed by atoms with van der Waals surface area (Å²) in [6.45, 7) is 4.80. The van der Waals surface area contributed by atoms with E-state index in [4.69, 9.17) is 10.6 Å². The molecule has 0 unspecified atom stereocenters. The summed E-state index contributed by atoms with van der Waals surface area (Å²) >= 11 is 0. The maximum absolute atomic E-state index is 5.51. The highest BCUT2D eigenvalue weighted by atomic mass is 16.5. The highest BCUT2D eigenvalue weighted by Crippen LogP contribution is 2.11. The Balaban J connectivity index is 2.16. The molecule has 0 aromatic carbocycles. The van der Waals surface area contributed by atoms with Crippen molar-refractivity contribution < 1.29 is 4.74 Å². The molecule has 2 aromatic heterocycles. The van der Waals surface area contributed by atoms with Crippen molar-refractivity contribution in [3.8, 4) is 12.0 Å². The van der Waals surface area contributed by atoms with E-state index < -0.39 is 0 Å². The number of ether oxygens (including phenoxy) is 1. The smallest absolute Gasteiger partial charge is 0.323 e. The Morgan fingerprint density at radius 2 is 2.21 bits per heavy atom. The first-order valence-corrected chi connectivity index (χ1v) is 6.03. The number of nitrogens with one attached hydrogen (secondary N) is 1. The minimum absolute atomic E-state index is 0.243. The fourth-order valence-electron chi connectivity index (χ4n) is 1.35. The third kappa shape index (κ3) is 3.62. The molecule has 0 bridgehead atoms. The number of hydrogen-bond acceptors (Lipinski definition) is 7. The lowest BCUT2D eigenvalue weighted by molar-refractivity contribution is 0.267. The van der Waals surface area contributed by atoms with Crippen LogP contribution >= 0.6 is 0 Å². The lowest BCUT2D eigenvalue weighted by Gasteiger charge is -2.09. The predicted octanol–water partition coefficient (Wildman–Crippen LogP) is 0.768. The van der Waals surface area contributed by atoms with Gasteiger partial charge in [0.1, 0.15) is 6.33 Å². The summed E-state index contributed by atoms with van der Waals surface area (Å²) in [4.78, 5) is 16.3. The van der Waals surface area contributed by atoms with E-state index in [1.165, 1.54) is 0 Å². The molecule has 0 aliphatic heterocycles. The largest absolute Gasteiger partial charge is 0.463 e. The average Bonchev–Trinajstić information content (AvgIpc) is 2.92. The number of nitrogens with zero attached hydrogens (tertiary/aromatic N) is 5. The molecule has 2 rings (SSSR count). The second-order valence-corrected chi connectivity index (χ2v) is 4.39. The van der Waals surface area contributed by atoms with E-state index in [0.29, 0.717) is 18.5 Å². The highest BCUT2D eigenvalue weighted by molar-refractivity contribution is 5.28. The summed E-state index contributed by atoms with van der Waals surface area (Å²) in [5, 5.41) is 0. The van der Waals surface area contributed by atoms with E-state index in [1.54, 1.807) is 23.3 Å². The Morgan fingerprint density at radius 3 is 2.84 bits per heavy atom. The van der Waals surface area contributed by atoms with Crippen LogP contribution in [0.1, 0.15) is 20.3 Å². The summed E-state index contributed by atoms with van der Waals surface area (Å²) in [6, 6.07) is 0.243. The molecule has 8 nitrogen and oxygen atoms in total. The normalized spacial score (nSPS) is 10.7. The van der Waals surface area contributed by atoms with Crippen LogP contribution in [0.25, 0.3) is 5.95 Å². The van der Waals surface area contributed by atoms with Gasteiger partial charge in [-0.1, -0.05) is 13.8 Å². The minimum Gasteiger partial charge on any atom is -0.463 e. The van der Waals surface area contributed by atoms with Crippen molar-refractivity contribution in [1.82, 2.24) is 24.5 Å². The maximum Gasteiger partial charge on any atom is 0.323 e. The average molecular weight is 263 g/mol. The molecule has 0 aliphatic rings. The first kappa shape index (κ1) is 13.2. The Labute approximate surface area is 111 Å². The van der Waals surface area contributed by atoms with Crippen LogP contribution in [0.3, 0.4) is 0 Å². The summed E-state index contributed by atoms with van der Waals surface area (Å²) < 4.78 is 7.16. The Hall–Kier alpha value is -2.22. The zero-order chi connectivity index (χ0) is 13.7. The van der Waals surface area contributed by atoms with Gasteiger partial charge in [0.25, 0.3) is 0 Å². The standard InChI is InChI=1S/C11H17N7O/c1-8(2)3-6-19-11-15-9(17-12)14-10(16-11)18-5-4-13-7-18/h4-5,7-8H,3,6,12H2,1-2H3,(H,14,15,16,17). The third-order valence-electron chi connectivity index (χ3n) is 2.39. The van der Waals surface area contributed by atoms with Gasteiger partial charge in [-0.2, -0.15) is 15.0 Å². The zero-order valence-electron chi connectivity index (χ0n) is 10.9. The molecule has 0 fully saturated rings. The van der Waals surface area contributed by atoms with Gasteiger partial charge in [-0.15, -0.1) is 0 Å². The molecule has 3 N–H and O–H groups in total. The van der Waals surface area contributed by atoms with Gasteiger partial charge in [0.15, 0.2) is 0 Å². The number of hydrogen-bond donors (Lipinski definition) is 2. The molecule has 8 heteroatoms. The third-order valence-corrected chi connectivity index (χ3v) is 2.39. The van der Waals surface area contributed by atoms with Crippen LogP contribution < -0.4 is 16.0 Å². The second kappa shape index (κ2) is 6.10. The van der Waals surface area contributed by atoms with E-state index >= 15 is 0 Å². The quantitative estimate of drug-likeness (QED) is 0.586. The number of nitrogen functional groups attached to an aromatic ring is 1. The summed E-state index contributed by atoms with van der Waals surface area (Å²) in [5.74, 6) is 6.54. The molecule has 0 saturated carbocycles. The van der Waals surface area contributed by atoms with Gasteiger partial charge in [0, 0.05) is 12.4 Å². The SMILES string of the molecule is CC(C)CCOc1nc(NN)nc(-n2ccnc2)n1. The van der Waals surface area contributed by atoms with Crippen LogP contribution in [0.5, 0.6) is 6.01 Å². The fourth-order valence-corrected chi connectivity index (χ4v) is 1.35. The minimum atomic E-state index is 0.243. The van der Waals surface area contributed by atoms with Gasteiger partial charge in [-0.05, 0) is 12.3 Å². The summed E-state index contributed by atoms with van der Waals surface area (Å²) in [5.41, 5.74) is 2.39. The molecule has 0 saturated heterocycles. The molecule has 0 atom stereocenters. The van der Waals surface area contributed by atoms with Crippen LogP contribution in [0, 0.1) is 5.92 Å². The molecule has 0 spiro atoms. The number of imidazole rings is 1. The number of nitrogens with two attached hydrogens (primary N) is 1. The van der Waals surface area contributed by atoms with Crippen molar-refractivity contribution in [2.24, 2.45) is 11.8 Å². The molecule has 102 valence electrons. The van der Waals surface area contributed by atoms with Crippen LogP contribution in [0.2, 0.25) is 0 Å². The van der Waals surface area contributed by atoms with Gasteiger partial charge in [-0.25, -0.2) is 10.8 Å². The zero-order valence-corrected chi connectivity index (χ0v) is 10.9. The van der Waals surface area contributed by atoms with Gasteiger partial charge < -0.3 is 4.74 Å². The highest BCUT2D eigenvalue weighted by Gasteiger charge is 2.08. The molecule has 0 amide bonds. The number of anilines is 1. The molecule has 0 radical (unpaired) electrons. The van der Waals surface area contributed by atoms with E-state index in [2.05, 4.69) is 39.2 Å². The van der Waals surface area contributed by atoms with Gasteiger partial charge in [-0.3, -0.25) is 9.99 Å². The van der Waals surface area contributed by atoms with Crippen LogP contribution in [-0.2, 0) is 0 Å². The lowest BCUT2D eigenvalue weighted by atomic mass is 10.1. The van der Waals surface area contributed by atoms with Gasteiger partial charge in [0.05, 0.1) is 6.61 Å². The van der Waals surface area contributed by atoms with Crippen molar-refractivity contribution in [1.29, 1.82) is 0 Å². The lowest BCUT2D eigenvalue weighted by Crippen LogP contribution is -2.15. The first-order chi connectivity index (χ1) is 9.19. The topological polar surface area (TPSA) is 104 Å². The Kier molecular flexibility index (Phi) is 4.24. The van der Waals surface area contributed by atoms with Gasteiger partial charge >= 0.3 is 6.01 Å². The second-order valence-electron chi connectivity index (χ2n) is 4.39. The molecule has 2 heterocycles. The van der Waals surface area contributed by atoms with Crippen molar-refractivity contribution in [3.05, 3.63) is 18.7 Å². The molecule has 19 heavy (non-hydrogen) atoms. The molecule has 2 aromatic rings. The number of rotatable bonds is 6. The van der Waals surface area contributed by atoms with Crippen LogP contribution in [0.4, 0.5) is 5.95 Å². The first-order valence-electron chi connectivity index (χ1n) is 6.03. The van der Waals surface area contributed by atoms with Crippen molar-refractivity contribution in [3.63, 3.8) is 0 Å². The monoisotopic (exact) mass is 263 g/mol. The van der Waals surface area contributed by atoms with Crippen molar-refractivity contribution >= 4 is 5.95 Å². The molecular weight excluding hydrogens is 246 g/mol. The van der Waals surface area contributed by atoms with Gasteiger partial charge in [0.2, 0.25) is 11.9 Å². The number of hydrazine groups is 1. The Morgan fingerprint density at radius 1 is 1.37 bits per heavy atom. The summed E-state index contributed by atoms with van der Waals surface area (Å²) in [7, 11) is 0. The Bertz CT molecular complexity index is 512. The van der Waals surface area contributed by atoms with E-state index in [-0.39, 0.29) is 12.0 Å². The van der Waals surface area contributed by atoms with E-state index in [1.807, 2.05) is 0 Å². The van der Waals surface area contributed by atoms with E-state index in [0.717, 1.165) is 6.42 Å². The fraction of sp³-hybridized carbons (Fsp3) is 0.455. The van der Waals surface area contributed by atoms with E-state index in [9.17, 15) is 0 Å². The van der Waals surface area contributed by atoms with Crippen molar-refractivity contribution in [2.75, 3.05) is 12.0 Å². The van der Waals surface area contributed by atoms with Crippen LogP contribution in [0.15, 0.2) is 18.7 Å². The molecular formula is C11H17N7O.